The molecule has 2 rings (SSSR count). The van der Waals surface area contributed by atoms with Crippen LogP contribution in [0.3, 0.4) is 0 Å². The first kappa shape index (κ1) is 13.2. The molecule has 1 aromatic carbocycles. The SMILES string of the molecule is COc1ccc(CNc2cc(Br)ccc2Cl)cn1. The third-order valence-corrected chi connectivity index (χ3v) is 3.24. The fourth-order valence-corrected chi connectivity index (χ4v) is 2.01. The Balaban J connectivity index is 2.04. The maximum Gasteiger partial charge on any atom is 0.212 e. The smallest absolute Gasteiger partial charge is 0.212 e. The van der Waals surface area contributed by atoms with Crippen molar-refractivity contribution in [3.63, 3.8) is 0 Å². The van der Waals surface area contributed by atoms with Gasteiger partial charge in [-0.05, 0) is 23.8 Å². The van der Waals surface area contributed by atoms with Gasteiger partial charge in [-0.2, -0.15) is 0 Å². The molecule has 0 unspecified atom stereocenters. The minimum atomic E-state index is 0.610. The Kier molecular flexibility index (Phi) is 4.44. The summed E-state index contributed by atoms with van der Waals surface area (Å²) in [5, 5.41) is 3.96. The summed E-state index contributed by atoms with van der Waals surface area (Å²) in [6, 6.07) is 9.49. The number of halogens is 2. The molecule has 0 saturated heterocycles. The molecular formula is C13H12BrClN2O. The Labute approximate surface area is 119 Å². The highest BCUT2D eigenvalue weighted by atomic mass is 79.9. The third kappa shape index (κ3) is 3.37. The van der Waals surface area contributed by atoms with Crippen molar-refractivity contribution in [2.45, 2.75) is 6.54 Å². The molecule has 0 aliphatic rings. The van der Waals surface area contributed by atoms with Gasteiger partial charge in [-0.25, -0.2) is 4.98 Å². The zero-order valence-corrected chi connectivity index (χ0v) is 12.1. The first-order valence-corrected chi connectivity index (χ1v) is 6.54. The normalized spacial score (nSPS) is 10.2. The fraction of sp³-hybridized carbons (Fsp3) is 0.154. The second-order valence-corrected chi connectivity index (χ2v) is 5.01. The number of ether oxygens (including phenoxy) is 1. The maximum atomic E-state index is 6.09. The van der Waals surface area contributed by atoms with E-state index in [1.165, 1.54) is 0 Å². The Morgan fingerprint density at radius 2 is 2.17 bits per heavy atom. The summed E-state index contributed by atoms with van der Waals surface area (Å²) < 4.78 is 6.00. The van der Waals surface area contributed by atoms with Gasteiger partial charge in [-0.1, -0.05) is 33.6 Å². The highest BCUT2D eigenvalue weighted by Gasteiger charge is 2.01. The van der Waals surface area contributed by atoms with Gasteiger partial charge in [-0.15, -0.1) is 0 Å². The van der Waals surface area contributed by atoms with Crippen molar-refractivity contribution in [2.24, 2.45) is 0 Å². The summed E-state index contributed by atoms with van der Waals surface area (Å²) >= 11 is 9.51. The first-order chi connectivity index (χ1) is 8.69. The molecule has 0 saturated carbocycles. The molecule has 0 radical (unpaired) electrons. The molecule has 0 aliphatic carbocycles. The molecule has 1 N–H and O–H groups in total. The van der Waals surface area contributed by atoms with E-state index in [0.717, 1.165) is 15.7 Å². The molecule has 1 heterocycles. The Morgan fingerprint density at radius 1 is 1.33 bits per heavy atom. The lowest BCUT2D eigenvalue weighted by Gasteiger charge is -2.09. The maximum absolute atomic E-state index is 6.09. The minimum absolute atomic E-state index is 0.610. The number of benzene rings is 1. The largest absolute Gasteiger partial charge is 0.481 e. The predicted molar refractivity (Wildman–Crippen MR) is 77.3 cm³/mol. The van der Waals surface area contributed by atoms with Crippen molar-refractivity contribution in [1.29, 1.82) is 0 Å². The van der Waals surface area contributed by atoms with E-state index in [9.17, 15) is 0 Å². The van der Waals surface area contributed by atoms with Crippen LogP contribution >= 0.6 is 27.5 Å². The molecule has 0 spiro atoms. The Bertz CT molecular complexity index is 531. The van der Waals surface area contributed by atoms with Crippen LogP contribution in [0.4, 0.5) is 5.69 Å². The highest BCUT2D eigenvalue weighted by molar-refractivity contribution is 9.10. The van der Waals surface area contributed by atoms with Gasteiger partial charge < -0.3 is 10.1 Å². The topological polar surface area (TPSA) is 34.1 Å². The molecule has 3 nitrogen and oxygen atoms in total. The summed E-state index contributed by atoms with van der Waals surface area (Å²) in [5.41, 5.74) is 1.95. The van der Waals surface area contributed by atoms with Gasteiger partial charge >= 0.3 is 0 Å². The zero-order chi connectivity index (χ0) is 13.0. The molecule has 0 amide bonds. The van der Waals surface area contributed by atoms with Crippen LogP contribution in [-0.4, -0.2) is 12.1 Å². The summed E-state index contributed by atoms with van der Waals surface area (Å²) in [6.45, 7) is 0.660. The molecule has 2 aromatic rings. The van der Waals surface area contributed by atoms with Gasteiger partial charge in [0.2, 0.25) is 5.88 Å². The molecule has 18 heavy (non-hydrogen) atoms. The highest BCUT2D eigenvalue weighted by Crippen LogP contribution is 2.26. The number of pyridine rings is 1. The van der Waals surface area contributed by atoms with Crippen molar-refractivity contribution in [3.05, 3.63) is 51.6 Å². The first-order valence-electron chi connectivity index (χ1n) is 5.37. The van der Waals surface area contributed by atoms with E-state index < -0.39 is 0 Å². The number of methoxy groups -OCH3 is 1. The van der Waals surface area contributed by atoms with Gasteiger partial charge in [-0.3, -0.25) is 0 Å². The van der Waals surface area contributed by atoms with Gasteiger partial charge in [0.15, 0.2) is 0 Å². The number of nitrogens with zero attached hydrogens (tertiary/aromatic N) is 1. The Morgan fingerprint density at radius 3 is 2.83 bits per heavy atom. The van der Waals surface area contributed by atoms with Crippen LogP contribution in [0.25, 0.3) is 0 Å². The van der Waals surface area contributed by atoms with Crippen molar-refractivity contribution < 1.29 is 4.74 Å². The van der Waals surface area contributed by atoms with Crippen LogP contribution in [0, 0.1) is 0 Å². The third-order valence-electron chi connectivity index (χ3n) is 2.42. The number of hydrogen-bond donors (Lipinski definition) is 1. The predicted octanol–water partition coefficient (Wildman–Crippen LogP) is 4.12. The number of nitrogens with one attached hydrogen (secondary N) is 1. The Hall–Kier alpha value is -1.26. The average molecular weight is 328 g/mol. The van der Waals surface area contributed by atoms with E-state index in [0.29, 0.717) is 17.4 Å². The van der Waals surface area contributed by atoms with Gasteiger partial charge in [0.05, 0.1) is 17.8 Å². The van der Waals surface area contributed by atoms with Gasteiger partial charge in [0, 0.05) is 23.3 Å². The zero-order valence-electron chi connectivity index (χ0n) is 9.78. The average Bonchev–Trinajstić information content (AvgIpc) is 2.40. The second kappa shape index (κ2) is 6.07. The molecule has 0 aliphatic heterocycles. The molecule has 0 atom stereocenters. The second-order valence-electron chi connectivity index (χ2n) is 3.69. The van der Waals surface area contributed by atoms with Crippen molar-refractivity contribution >= 4 is 33.2 Å². The van der Waals surface area contributed by atoms with Crippen LogP contribution < -0.4 is 10.1 Å². The monoisotopic (exact) mass is 326 g/mol. The fourth-order valence-electron chi connectivity index (χ4n) is 1.47. The van der Waals surface area contributed by atoms with E-state index >= 15 is 0 Å². The van der Waals surface area contributed by atoms with Gasteiger partial charge in [0.1, 0.15) is 0 Å². The number of hydrogen-bond acceptors (Lipinski definition) is 3. The van der Waals surface area contributed by atoms with Crippen LogP contribution in [0.1, 0.15) is 5.56 Å². The van der Waals surface area contributed by atoms with Crippen LogP contribution in [-0.2, 0) is 6.54 Å². The standard InChI is InChI=1S/C13H12BrClN2O/c1-18-13-5-2-9(8-17-13)7-16-12-6-10(14)3-4-11(12)15/h2-6,8,16H,7H2,1H3. The quantitative estimate of drug-likeness (QED) is 0.917. The molecule has 0 bridgehead atoms. The van der Waals surface area contributed by atoms with E-state index in [4.69, 9.17) is 16.3 Å². The minimum Gasteiger partial charge on any atom is -0.481 e. The molecule has 0 fully saturated rings. The molecule has 5 heteroatoms. The molecular weight excluding hydrogens is 316 g/mol. The van der Waals surface area contributed by atoms with E-state index in [1.54, 1.807) is 13.3 Å². The number of anilines is 1. The van der Waals surface area contributed by atoms with E-state index in [2.05, 4.69) is 26.2 Å². The van der Waals surface area contributed by atoms with Gasteiger partial charge in [0.25, 0.3) is 0 Å². The number of rotatable bonds is 4. The summed E-state index contributed by atoms with van der Waals surface area (Å²) in [7, 11) is 1.60. The summed E-state index contributed by atoms with van der Waals surface area (Å²) in [6.07, 6.45) is 1.78. The van der Waals surface area contributed by atoms with Crippen molar-refractivity contribution in [1.82, 2.24) is 4.98 Å². The summed E-state index contributed by atoms with van der Waals surface area (Å²) in [4.78, 5) is 4.14. The molecule has 1 aromatic heterocycles. The van der Waals surface area contributed by atoms with Crippen LogP contribution in [0.2, 0.25) is 5.02 Å². The summed E-state index contributed by atoms with van der Waals surface area (Å²) in [5.74, 6) is 0.610. The van der Waals surface area contributed by atoms with Crippen LogP contribution in [0.15, 0.2) is 41.0 Å². The van der Waals surface area contributed by atoms with Crippen LogP contribution in [0.5, 0.6) is 5.88 Å². The van der Waals surface area contributed by atoms with E-state index in [-0.39, 0.29) is 0 Å². The van der Waals surface area contributed by atoms with Crippen molar-refractivity contribution in [2.75, 3.05) is 12.4 Å². The lowest BCUT2D eigenvalue weighted by Crippen LogP contribution is -2.00. The lowest BCUT2D eigenvalue weighted by molar-refractivity contribution is 0.397. The number of aromatic nitrogens is 1. The molecule has 94 valence electrons. The van der Waals surface area contributed by atoms with E-state index in [1.807, 2.05) is 30.3 Å². The van der Waals surface area contributed by atoms with Crippen molar-refractivity contribution in [3.8, 4) is 5.88 Å². The lowest BCUT2D eigenvalue weighted by atomic mass is 10.2.